The molecule has 2 aromatic heterocycles. The summed E-state index contributed by atoms with van der Waals surface area (Å²) in [7, 11) is 0. The molecule has 2 N–H and O–H groups in total. The Morgan fingerprint density at radius 2 is 2.11 bits per heavy atom. The zero-order chi connectivity index (χ0) is 14.2. The van der Waals surface area contributed by atoms with E-state index in [0.717, 1.165) is 6.20 Å². The molecule has 2 heterocycles. The molecule has 0 aromatic carbocycles. The fourth-order valence-corrected chi connectivity index (χ4v) is 1.61. The highest BCUT2D eigenvalue weighted by atomic mass is 19.4. The summed E-state index contributed by atoms with van der Waals surface area (Å²) in [6.45, 7) is 1.71. The predicted molar refractivity (Wildman–Crippen MR) is 59.6 cm³/mol. The van der Waals surface area contributed by atoms with Crippen LogP contribution in [0.2, 0.25) is 0 Å². The number of aromatic nitrogens is 3. The molecular weight excluding hydrogens is 261 g/mol. The van der Waals surface area contributed by atoms with Crippen LogP contribution in [0.4, 0.5) is 13.2 Å². The van der Waals surface area contributed by atoms with Crippen LogP contribution in [0, 0.1) is 6.92 Å². The summed E-state index contributed by atoms with van der Waals surface area (Å²) < 4.78 is 39.5. The molecule has 0 bridgehead atoms. The van der Waals surface area contributed by atoms with E-state index in [-0.39, 0.29) is 5.82 Å². The minimum atomic E-state index is -4.76. The second-order valence-electron chi connectivity index (χ2n) is 3.87. The van der Waals surface area contributed by atoms with Gasteiger partial charge in [-0.25, -0.2) is 9.67 Å². The quantitative estimate of drug-likeness (QED) is 0.902. The Labute approximate surface area is 105 Å². The van der Waals surface area contributed by atoms with Crippen LogP contribution >= 0.6 is 0 Å². The number of hydrogen-bond acceptors (Lipinski definition) is 3. The SMILES string of the molecule is Cc1ccnc(-n2ncc(C(N)=O)c2C(F)(F)F)c1. The lowest BCUT2D eigenvalue weighted by Crippen LogP contribution is -2.21. The van der Waals surface area contributed by atoms with Crippen molar-refractivity contribution >= 4 is 5.91 Å². The van der Waals surface area contributed by atoms with Gasteiger partial charge in [-0.15, -0.1) is 0 Å². The number of carbonyl (C=O) groups is 1. The van der Waals surface area contributed by atoms with Gasteiger partial charge >= 0.3 is 6.18 Å². The van der Waals surface area contributed by atoms with Gasteiger partial charge in [0.2, 0.25) is 0 Å². The summed E-state index contributed by atoms with van der Waals surface area (Å²) in [5.41, 5.74) is 3.73. The van der Waals surface area contributed by atoms with Crippen molar-refractivity contribution in [2.24, 2.45) is 5.73 Å². The molecule has 0 radical (unpaired) electrons. The number of carbonyl (C=O) groups excluding carboxylic acids is 1. The van der Waals surface area contributed by atoms with Gasteiger partial charge in [-0.3, -0.25) is 4.79 Å². The van der Waals surface area contributed by atoms with Gasteiger partial charge in [0.05, 0.1) is 11.8 Å². The maximum absolute atomic E-state index is 13.0. The molecule has 0 fully saturated rings. The molecule has 0 aliphatic carbocycles. The number of halogens is 3. The van der Waals surface area contributed by atoms with Gasteiger partial charge in [0.1, 0.15) is 0 Å². The zero-order valence-electron chi connectivity index (χ0n) is 9.77. The number of alkyl halides is 3. The van der Waals surface area contributed by atoms with Crippen LogP contribution in [0.3, 0.4) is 0 Å². The number of aryl methyl sites for hydroxylation is 1. The molecule has 0 aliphatic heterocycles. The number of primary amides is 1. The minimum Gasteiger partial charge on any atom is -0.365 e. The van der Waals surface area contributed by atoms with E-state index in [9.17, 15) is 18.0 Å². The van der Waals surface area contributed by atoms with E-state index in [1.165, 1.54) is 12.3 Å². The smallest absolute Gasteiger partial charge is 0.365 e. The predicted octanol–water partition coefficient (Wildman–Crippen LogP) is 1.69. The Balaban J connectivity index is 2.68. The molecule has 100 valence electrons. The molecular formula is C11H9F3N4O. The number of amides is 1. The van der Waals surface area contributed by atoms with Crippen LogP contribution in [0.15, 0.2) is 24.5 Å². The molecule has 0 atom stereocenters. The van der Waals surface area contributed by atoms with E-state index in [2.05, 4.69) is 10.1 Å². The van der Waals surface area contributed by atoms with Gasteiger partial charge in [0, 0.05) is 6.20 Å². The maximum Gasteiger partial charge on any atom is 0.434 e. The summed E-state index contributed by atoms with van der Waals surface area (Å²) in [5, 5.41) is 3.55. The van der Waals surface area contributed by atoms with Crippen LogP contribution in [-0.4, -0.2) is 20.7 Å². The van der Waals surface area contributed by atoms with Gasteiger partial charge in [0.25, 0.3) is 5.91 Å². The first-order valence-corrected chi connectivity index (χ1v) is 5.18. The minimum absolute atomic E-state index is 0.0279. The number of rotatable bonds is 2. The van der Waals surface area contributed by atoms with Crippen molar-refractivity contribution in [3.8, 4) is 5.82 Å². The number of nitrogens with two attached hydrogens (primary N) is 1. The van der Waals surface area contributed by atoms with Crippen molar-refractivity contribution in [2.45, 2.75) is 13.1 Å². The van der Waals surface area contributed by atoms with Crippen molar-refractivity contribution in [2.75, 3.05) is 0 Å². The molecule has 0 saturated heterocycles. The van der Waals surface area contributed by atoms with Crippen LogP contribution in [-0.2, 0) is 6.18 Å². The molecule has 2 aromatic rings. The summed E-state index contributed by atoms with van der Waals surface area (Å²) in [4.78, 5) is 14.8. The largest absolute Gasteiger partial charge is 0.434 e. The van der Waals surface area contributed by atoms with Crippen molar-refractivity contribution in [1.82, 2.24) is 14.8 Å². The first-order chi connectivity index (χ1) is 8.80. The number of pyridine rings is 1. The fourth-order valence-electron chi connectivity index (χ4n) is 1.61. The van der Waals surface area contributed by atoms with Gasteiger partial charge < -0.3 is 5.73 Å². The van der Waals surface area contributed by atoms with E-state index in [0.29, 0.717) is 10.2 Å². The lowest BCUT2D eigenvalue weighted by molar-refractivity contribution is -0.143. The molecule has 0 spiro atoms. The lowest BCUT2D eigenvalue weighted by Gasteiger charge is -2.11. The second kappa shape index (κ2) is 4.38. The van der Waals surface area contributed by atoms with Crippen molar-refractivity contribution in [1.29, 1.82) is 0 Å². The average Bonchev–Trinajstić information content (AvgIpc) is 2.73. The first kappa shape index (κ1) is 13.1. The number of hydrogen-bond donors (Lipinski definition) is 1. The van der Waals surface area contributed by atoms with E-state index in [4.69, 9.17) is 5.73 Å². The topological polar surface area (TPSA) is 73.8 Å². The van der Waals surface area contributed by atoms with Crippen LogP contribution in [0.1, 0.15) is 21.6 Å². The third-order valence-corrected chi connectivity index (χ3v) is 2.42. The van der Waals surface area contributed by atoms with Gasteiger partial charge in [0.15, 0.2) is 11.5 Å². The highest BCUT2D eigenvalue weighted by molar-refractivity contribution is 5.94. The van der Waals surface area contributed by atoms with Gasteiger partial charge in [-0.05, 0) is 24.6 Å². The Morgan fingerprint density at radius 3 is 2.63 bits per heavy atom. The highest BCUT2D eigenvalue weighted by Gasteiger charge is 2.40. The van der Waals surface area contributed by atoms with Gasteiger partial charge in [-0.1, -0.05) is 0 Å². The molecule has 0 aliphatic rings. The summed E-state index contributed by atoms with van der Waals surface area (Å²) in [6, 6.07) is 3.06. The standard InChI is InChI=1S/C11H9F3N4O/c1-6-2-3-16-8(4-6)18-9(11(12,13)14)7(5-17-18)10(15)19/h2-5H,1H3,(H2,15,19). The summed E-state index contributed by atoms with van der Waals surface area (Å²) >= 11 is 0. The Bertz CT molecular complexity index is 633. The molecule has 2 rings (SSSR count). The van der Waals surface area contributed by atoms with E-state index in [1.807, 2.05) is 0 Å². The van der Waals surface area contributed by atoms with E-state index < -0.39 is 23.3 Å². The monoisotopic (exact) mass is 270 g/mol. The third kappa shape index (κ3) is 2.42. The van der Waals surface area contributed by atoms with Crippen molar-refractivity contribution < 1.29 is 18.0 Å². The zero-order valence-corrected chi connectivity index (χ0v) is 9.77. The van der Waals surface area contributed by atoms with Gasteiger partial charge in [-0.2, -0.15) is 18.3 Å². The number of nitrogens with zero attached hydrogens (tertiary/aromatic N) is 3. The Kier molecular flexibility index (Phi) is 3.01. The average molecular weight is 270 g/mol. The molecule has 1 amide bonds. The summed E-state index contributed by atoms with van der Waals surface area (Å²) in [6.07, 6.45) is -2.61. The lowest BCUT2D eigenvalue weighted by atomic mass is 10.2. The highest BCUT2D eigenvalue weighted by Crippen LogP contribution is 2.33. The second-order valence-corrected chi connectivity index (χ2v) is 3.87. The van der Waals surface area contributed by atoms with E-state index >= 15 is 0 Å². The fraction of sp³-hybridized carbons (Fsp3) is 0.182. The Hall–Kier alpha value is -2.38. The molecule has 8 heteroatoms. The molecule has 0 unspecified atom stereocenters. The maximum atomic E-state index is 13.0. The van der Waals surface area contributed by atoms with E-state index in [1.54, 1.807) is 13.0 Å². The first-order valence-electron chi connectivity index (χ1n) is 5.18. The molecule has 5 nitrogen and oxygen atoms in total. The normalized spacial score (nSPS) is 11.6. The van der Waals surface area contributed by atoms with Crippen molar-refractivity contribution in [3.63, 3.8) is 0 Å². The third-order valence-electron chi connectivity index (χ3n) is 2.42. The van der Waals surface area contributed by atoms with Crippen molar-refractivity contribution in [3.05, 3.63) is 41.3 Å². The summed E-state index contributed by atoms with van der Waals surface area (Å²) in [5.74, 6) is -1.22. The van der Waals surface area contributed by atoms with Crippen LogP contribution < -0.4 is 5.73 Å². The molecule has 0 saturated carbocycles. The van der Waals surface area contributed by atoms with Crippen LogP contribution in [0.25, 0.3) is 5.82 Å². The van der Waals surface area contributed by atoms with Crippen LogP contribution in [0.5, 0.6) is 0 Å². The Morgan fingerprint density at radius 1 is 1.42 bits per heavy atom. The molecule has 19 heavy (non-hydrogen) atoms.